The highest BCUT2D eigenvalue weighted by molar-refractivity contribution is 6.14. The molecule has 0 saturated carbocycles. The number of nitrogens with zero attached hydrogens (tertiary/aromatic N) is 3. The highest BCUT2D eigenvalue weighted by atomic mass is 15.2. The number of aromatic nitrogens is 3. The fraction of sp³-hybridized carbons (Fsp3) is 0. The molecule has 256 valence electrons. The van der Waals surface area contributed by atoms with E-state index in [1.807, 2.05) is 0 Å². The summed E-state index contributed by atoms with van der Waals surface area (Å²) in [5.74, 6) is 0.648. The molecule has 0 atom stereocenters. The van der Waals surface area contributed by atoms with Gasteiger partial charge in [0.1, 0.15) is 0 Å². The largest absolute Gasteiger partial charge is 0.278 e. The Labute approximate surface area is 318 Å². The molecule has 0 amide bonds. The summed E-state index contributed by atoms with van der Waals surface area (Å²) in [6.07, 6.45) is 0. The highest BCUT2D eigenvalue weighted by Gasteiger charge is 2.19. The fourth-order valence-electron chi connectivity index (χ4n) is 8.17. The molecule has 0 aliphatic heterocycles. The predicted octanol–water partition coefficient (Wildman–Crippen LogP) is 13.7. The third-order valence-corrected chi connectivity index (χ3v) is 11.0. The summed E-state index contributed by atoms with van der Waals surface area (Å²) >= 11 is 0. The van der Waals surface area contributed by atoms with Crippen LogP contribution in [0.5, 0.6) is 0 Å². The fourth-order valence-corrected chi connectivity index (χ4v) is 8.17. The number of rotatable bonds is 5. The molecular formula is C52H33N3. The summed E-state index contributed by atoms with van der Waals surface area (Å²) in [4.78, 5) is 10.9. The van der Waals surface area contributed by atoms with Gasteiger partial charge in [-0.3, -0.25) is 4.57 Å². The van der Waals surface area contributed by atoms with Gasteiger partial charge in [0.15, 0.2) is 0 Å². The van der Waals surface area contributed by atoms with Gasteiger partial charge in [0.05, 0.1) is 22.2 Å². The minimum atomic E-state index is 0.648. The standard InChI is InChI=1S/C52H33N3/c1-3-11-34(12-4-1)37-19-21-38(22-20-37)43-25-27-45-48(32-43)53-52(54-51(45)44-24-23-36-15-7-8-16-39(36)29-44)55-49-28-26-42(35-13-5-2-6-14-35)31-46(49)47-30-40-17-9-10-18-41(40)33-50(47)55/h1-33H. The van der Waals surface area contributed by atoms with Gasteiger partial charge in [-0.05, 0) is 97.4 Å². The molecular weight excluding hydrogens is 667 g/mol. The van der Waals surface area contributed by atoms with Crippen LogP contribution in [0.4, 0.5) is 0 Å². The molecule has 3 nitrogen and oxygen atoms in total. The van der Waals surface area contributed by atoms with Crippen LogP contribution >= 0.6 is 0 Å². The average molecular weight is 700 g/mol. The highest BCUT2D eigenvalue weighted by Crippen LogP contribution is 2.39. The minimum Gasteiger partial charge on any atom is -0.278 e. The van der Waals surface area contributed by atoms with Crippen LogP contribution in [0, 0.1) is 0 Å². The van der Waals surface area contributed by atoms with Gasteiger partial charge in [-0.25, -0.2) is 9.97 Å². The van der Waals surface area contributed by atoms with Crippen molar-refractivity contribution >= 4 is 54.3 Å². The maximum Gasteiger partial charge on any atom is 0.235 e. The number of fused-ring (bicyclic) bond motifs is 6. The van der Waals surface area contributed by atoms with E-state index in [0.717, 1.165) is 44.3 Å². The zero-order valence-corrected chi connectivity index (χ0v) is 29.9. The van der Waals surface area contributed by atoms with E-state index in [2.05, 4.69) is 205 Å². The molecule has 0 spiro atoms. The Balaban J connectivity index is 1.17. The predicted molar refractivity (Wildman–Crippen MR) is 231 cm³/mol. The quantitative estimate of drug-likeness (QED) is 0.179. The van der Waals surface area contributed by atoms with Gasteiger partial charge in [0.25, 0.3) is 0 Å². The molecule has 11 aromatic rings. The van der Waals surface area contributed by atoms with Crippen LogP contribution in [0.25, 0.3) is 105 Å². The average Bonchev–Trinajstić information content (AvgIpc) is 3.57. The van der Waals surface area contributed by atoms with Gasteiger partial charge in [-0.15, -0.1) is 0 Å². The Morgan fingerprint density at radius 2 is 0.800 bits per heavy atom. The van der Waals surface area contributed by atoms with Gasteiger partial charge in [-0.1, -0.05) is 158 Å². The summed E-state index contributed by atoms with van der Waals surface area (Å²) < 4.78 is 2.26. The zero-order valence-electron chi connectivity index (χ0n) is 29.9. The molecule has 0 N–H and O–H groups in total. The molecule has 3 heteroatoms. The van der Waals surface area contributed by atoms with Gasteiger partial charge in [0.2, 0.25) is 5.95 Å². The minimum absolute atomic E-state index is 0.648. The maximum absolute atomic E-state index is 5.48. The Morgan fingerprint density at radius 3 is 1.53 bits per heavy atom. The second kappa shape index (κ2) is 12.6. The van der Waals surface area contributed by atoms with E-state index in [-0.39, 0.29) is 0 Å². The van der Waals surface area contributed by atoms with E-state index in [0.29, 0.717) is 5.95 Å². The molecule has 0 saturated heterocycles. The van der Waals surface area contributed by atoms with Crippen molar-refractivity contribution in [3.05, 3.63) is 200 Å². The van der Waals surface area contributed by atoms with Crippen molar-refractivity contribution in [2.24, 2.45) is 0 Å². The van der Waals surface area contributed by atoms with Gasteiger partial charge >= 0.3 is 0 Å². The van der Waals surface area contributed by atoms with Gasteiger partial charge < -0.3 is 0 Å². The van der Waals surface area contributed by atoms with Crippen molar-refractivity contribution in [2.45, 2.75) is 0 Å². The summed E-state index contributed by atoms with van der Waals surface area (Å²) in [6, 6.07) is 71.7. The summed E-state index contributed by atoms with van der Waals surface area (Å²) in [6.45, 7) is 0. The van der Waals surface area contributed by atoms with Crippen molar-refractivity contribution in [3.8, 4) is 50.6 Å². The van der Waals surface area contributed by atoms with Gasteiger partial charge in [0, 0.05) is 21.7 Å². The smallest absolute Gasteiger partial charge is 0.235 e. The van der Waals surface area contributed by atoms with Crippen LogP contribution in [0.3, 0.4) is 0 Å². The van der Waals surface area contributed by atoms with Crippen molar-refractivity contribution in [3.63, 3.8) is 0 Å². The summed E-state index contributed by atoms with van der Waals surface area (Å²) in [5.41, 5.74) is 12.1. The molecule has 11 rings (SSSR count). The van der Waals surface area contributed by atoms with Crippen LogP contribution < -0.4 is 0 Å². The van der Waals surface area contributed by atoms with E-state index in [4.69, 9.17) is 9.97 Å². The SMILES string of the molecule is c1ccc(-c2ccc(-c3ccc4c(-c5ccc6ccccc6c5)nc(-n5c6ccc(-c7ccccc7)cc6c6cc7ccccc7cc65)nc4c3)cc2)cc1. The number of benzene rings is 9. The third-order valence-electron chi connectivity index (χ3n) is 11.0. The first-order chi connectivity index (χ1) is 27.2. The molecule has 9 aromatic carbocycles. The summed E-state index contributed by atoms with van der Waals surface area (Å²) in [7, 11) is 0. The lowest BCUT2D eigenvalue weighted by Crippen LogP contribution is -2.03. The van der Waals surface area contributed by atoms with Crippen LogP contribution in [0.1, 0.15) is 0 Å². The molecule has 2 aromatic heterocycles. The monoisotopic (exact) mass is 699 g/mol. The molecule has 0 bridgehead atoms. The summed E-state index contributed by atoms with van der Waals surface area (Å²) in [5, 5.41) is 8.13. The zero-order chi connectivity index (χ0) is 36.3. The second-order valence-corrected chi connectivity index (χ2v) is 14.3. The molecule has 0 unspecified atom stereocenters. The molecule has 0 fully saturated rings. The molecule has 0 aliphatic rings. The lowest BCUT2D eigenvalue weighted by atomic mass is 9.98. The van der Waals surface area contributed by atoms with E-state index in [9.17, 15) is 0 Å². The van der Waals surface area contributed by atoms with E-state index in [1.54, 1.807) is 0 Å². The van der Waals surface area contributed by atoms with Crippen molar-refractivity contribution in [1.82, 2.24) is 14.5 Å². The van der Waals surface area contributed by atoms with Crippen LogP contribution in [-0.4, -0.2) is 14.5 Å². The Hall–Kier alpha value is -7.36. The van der Waals surface area contributed by atoms with Crippen molar-refractivity contribution < 1.29 is 0 Å². The molecule has 0 radical (unpaired) electrons. The van der Waals surface area contributed by atoms with Gasteiger partial charge in [-0.2, -0.15) is 0 Å². The van der Waals surface area contributed by atoms with E-state index in [1.165, 1.54) is 54.6 Å². The number of hydrogen-bond acceptors (Lipinski definition) is 2. The maximum atomic E-state index is 5.48. The Morgan fingerprint density at radius 1 is 0.291 bits per heavy atom. The first kappa shape index (κ1) is 31.2. The Bertz CT molecular complexity index is 3230. The lowest BCUT2D eigenvalue weighted by molar-refractivity contribution is 1.01. The first-order valence-electron chi connectivity index (χ1n) is 18.7. The second-order valence-electron chi connectivity index (χ2n) is 14.3. The van der Waals surface area contributed by atoms with Crippen LogP contribution in [0.15, 0.2) is 200 Å². The van der Waals surface area contributed by atoms with E-state index >= 15 is 0 Å². The molecule has 55 heavy (non-hydrogen) atoms. The molecule has 2 heterocycles. The van der Waals surface area contributed by atoms with Crippen LogP contribution in [-0.2, 0) is 0 Å². The van der Waals surface area contributed by atoms with Crippen molar-refractivity contribution in [2.75, 3.05) is 0 Å². The lowest BCUT2D eigenvalue weighted by Gasteiger charge is -2.14. The number of hydrogen-bond donors (Lipinski definition) is 0. The van der Waals surface area contributed by atoms with E-state index < -0.39 is 0 Å². The van der Waals surface area contributed by atoms with Crippen LogP contribution in [0.2, 0.25) is 0 Å². The Kier molecular flexibility index (Phi) is 7.17. The molecule has 0 aliphatic carbocycles. The topological polar surface area (TPSA) is 30.7 Å². The van der Waals surface area contributed by atoms with Crippen molar-refractivity contribution in [1.29, 1.82) is 0 Å². The normalized spacial score (nSPS) is 11.6. The first-order valence-corrected chi connectivity index (χ1v) is 18.7. The third kappa shape index (κ3) is 5.36.